The summed E-state index contributed by atoms with van der Waals surface area (Å²) in [6, 6.07) is 10.3. The van der Waals surface area contributed by atoms with Gasteiger partial charge in [-0.05, 0) is 5.56 Å². The number of terminal acetylenes is 1. The first kappa shape index (κ1) is 9.26. The third kappa shape index (κ3) is 2.14. The van der Waals surface area contributed by atoms with Crippen molar-refractivity contribution < 1.29 is 4.74 Å². The Morgan fingerprint density at radius 1 is 1.36 bits per heavy atom. The van der Waals surface area contributed by atoms with Crippen LogP contribution in [0.2, 0.25) is 0 Å². The minimum Gasteiger partial charge on any atom is -0.363 e. The second-order valence-electron chi connectivity index (χ2n) is 3.34. The van der Waals surface area contributed by atoms with Crippen molar-refractivity contribution in [1.82, 2.24) is 5.32 Å². The van der Waals surface area contributed by atoms with E-state index in [-0.39, 0.29) is 6.10 Å². The fourth-order valence-electron chi connectivity index (χ4n) is 1.52. The molecule has 0 amide bonds. The van der Waals surface area contributed by atoms with Crippen LogP contribution in [0.15, 0.2) is 30.3 Å². The Balaban J connectivity index is 1.80. The molecule has 2 rings (SSSR count). The number of hydrogen-bond acceptors (Lipinski definition) is 2. The number of nitrogens with one attached hydrogen (secondary N) is 1. The summed E-state index contributed by atoms with van der Waals surface area (Å²) >= 11 is 0. The molecule has 2 heteroatoms. The first-order chi connectivity index (χ1) is 6.92. The summed E-state index contributed by atoms with van der Waals surface area (Å²) < 4.78 is 5.52. The van der Waals surface area contributed by atoms with Crippen molar-refractivity contribution in [1.29, 1.82) is 0 Å². The lowest BCUT2D eigenvalue weighted by atomic mass is 10.1. The van der Waals surface area contributed by atoms with E-state index in [1.807, 2.05) is 18.2 Å². The standard InChI is InChI=1S/C12H13NO/c1-2-8-13-9-11-12(14-11)10-6-4-3-5-7-10/h1,3-7,11-13H,8-9H2/t11-,12-/m1/s1. The zero-order valence-electron chi connectivity index (χ0n) is 7.94. The van der Waals surface area contributed by atoms with E-state index in [0.29, 0.717) is 12.6 Å². The SMILES string of the molecule is C#CCNC[C@H]1O[C@@H]1c1ccccc1. The van der Waals surface area contributed by atoms with Gasteiger partial charge in [0.1, 0.15) is 12.2 Å². The fourth-order valence-corrected chi connectivity index (χ4v) is 1.52. The molecule has 1 aliphatic heterocycles. The van der Waals surface area contributed by atoms with Crippen molar-refractivity contribution >= 4 is 0 Å². The zero-order valence-corrected chi connectivity index (χ0v) is 7.94. The van der Waals surface area contributed by atoms with Crippen molar-refractivity contribution in [2.24, 2.45) is 0 Å². The minimum absolute atomic E-state index is 0.265. The normalized spacial score (nSPS) is 24.2. The maximum atomic E-state index is 5.52. The summed E-state index contributed by atoms with van der Waals surface area (Å²) in [4.78, 5) is 0. The highest BCUT2D eigenvalue weighted by Gasteiger charge is 2.39. The molecule has 2 atom stereocenters. The van der Waals surface area contributed by atoms with Crippen LogP contribution in [0.25, 0.3) is 0 Å². The van der Waals surface area contributed by atoms with E-state index >= 15 is 0 Å². The van der Waals surface area contributed by atoms with Gasteiger partial charge in [0.25, 0.3) is 0 Å². The van der Waals surface area contributed by atoms with Gasteiger partial charge in [-0.3, -0.25) is 0 Å². The van der Waals surface area contributed by atoms with Crippen LogP contribution in [0.5, 0.6) is 0 Å². The summed E-state index contributed by atoms with van der Waals surface area (Å²) in [5.41, 5.74) is 1.25. The van der Waals surface area contributed by atoms with Crippen LogP contribution >= 0.6 is 0 Å². The molecule has 1 aromatic carbocycles. The Hall–Kier alpha value is -1.30. The van der Waals surface area contributed by atoms with Gasteiger partial charge >= 0.3 is 0 Å². The molecule has 1 saturated heterocycles. The minimum atomic E-state index is 0.265. The molecule has 0 spiro atoms. The summed E-state index contributed by atoms with van der Waals surface area (Å²) in [7, 11) is 0. The molecule has 1 aromatic rings. The molecule has 1 heterocycles. The van der Waals surface area contributed by atoms with Crippen LogP contribution < -0.4 is 5.32 Å². The van der Waals surface area contributed by atoms with E-state index in [1.165, 1.54) is 5.56 Å². The van der Waals surface area contributed by atoms with E-state index in [0.717, 1.165) is 6.54 Å². The lowest BCUT2D eigenvalue weighted by Crippen LogP contribution is -2.19. The van der Waals surface area contributed by atoms with Crippen molar-refractivity contribution in [3.63, 3.8) is 0 Å². The molecule has 0 aromatic heterocycles. The monoisotopic (exact) mass is 187 g/mol. The second-order valence-corrected chi connectivity index (χ2v) is 3.34. The summed E-state index contributed by atoms with van der Waals surface area (Å²) in [6.45, 7) is 1.45. The predicted molar refractivity (Wildman–Crippen MR) is 55.8 cm³/mol. The predicted octanol–water partition coefficient (Wildman–Crippen LogP) is 1.35. The quantitative estimate of drug-likeness (QED) is 0.437. The molecular formula is C12H13NO. The Kier molecular flexibility index (Phi) is 2.83. The Bertz CT molecular complexity index is 328. The van der Waals surface area contributed by atoms with Gasteiger partial charge < -0.3 is 10.1 Å². The van der Waals surface area contributed by atoms with E-state index in [4.69, 9.17) is 11.2 Å². The van der Waals surface area contributed by atoms with Crippen LogP contribution in [-0.4, -0.2) is 19.2 Å². The van der Waals surface area contributed by atoms with Gasteiger partial charge in [-0.2, -0.15) is 0 Å². The molecule has 14 heavy (non-hydrogen) atoms. The third-order valence-corrected chi connectivity index (χ3v) is 2.28. The van der Waals surface area contributed by atoms with Gasteiger partial charge in [0.05, 0.1) is 6.54 Å². The van der Waals surface area contributed by atoms with Crippen LogP contribution in [-0.2, 0) is 4.74 Å². The molecule has 1 aliphatic rings. The molecule has 72 valence electrons. The molecule has 0 unspecified atom stereocenters. The lowest BCUT2D eigenvalue weighted by molar-refractivity contribution is 0.369. The van der Waals surface area contributed by atoms with Gasteiger partial charge in [0, 0.05) is 6.54 Å². The zero-order chi connectivity index (χ0) is 9.80. The van der Waals surface area contributed by atoms with Gasteiger partial charge in [0.15, 0.2) is 0 Å². The van der Waals surface area contributed by atoms with E-state index in [9.17, 15) is 0 Å². The Labute approximate surface area is 84.3 Å². The van der Waals surface area contributed by atoms with Gasteiger partial charge in [-0.25, -0.2) is 0 Å². The molecule has 2 nitrogen and oxygen atoms in total. The highest BCUT2D eigenvalue weighted by atomic mass is 16.6. The van der Waals surface area contributed by atoms with E-state index in [1.54, 1.807) is 0 Å². The van der Waals surface area contributed by atoms with Crippen LogP contribution in [0.3, 0.4) is 0 Å². The van der Waals surface area contributed by atoms with E-state index in [2.05, 4.69) is 23.4 Å². The number of rotatable bonds is 4. The summed E-state index contributed by atoms with van der Waals surface area (Å²) in [6.07, 6.45) is 5.69. The average molecular weight is 187 g/mol. The van der Waals surface area contributed by atoms with Crippen molar-refractivity contribution in [3.8, 4) is 12.3 Å². The fraction of sp³-hybridized carbons (Fsp3) is 0.333. The maximum Gasteiger partial charge on any atom is 0.110 e. The molecule has 1 fully saturated rings. The van der Waals surface area contributed by atoms with Crippen LogP contribution in [0, 0.1) is 12.3 Å². The number of ether oxygens (including phenoxy) is 1. The van der Waals surface area contributed by atoms with Crippen LogP contribution in [0.1, 0.15) is 11.7 Å². The van der Waals surface area contributed by atoms with Gasteiger partial charge in [-0.15, -0.1) is 6.42 Å². The molecule has 0 saturated carbocycles. The van der Waals surface area contributed by atoms with Crippen molar-refractivity contribution in [2.45, 2.75) is 12.2 Å². The van der Waals surface area contributed by atoms with Crippen molar-refractivity contribution in [3.05, 3.63) is 35.9 Å². The lowest BCUT2D eigenvalue weighted by Gasteiger charge is -1.96. The van der Waals surface area contributed by atoms with E-state index < -0.39 is 0 Å². The van der Waals surface area contributed by atoms with Gasteiger partial charge in [0.2, 0.25) is 0 Å². The Morgan fingerprint density at radius 3 is 2.86 bits per heavy atom. The maximum absolute atomic E-state index is 5.52. The Morgan fingerprint density at radius 2 is 2.14 bits per heavy atom. The summed E-state index contributed by atoms with van der Waals surface area (Å²) in [5, 5.41) is 3.14. The number of epoxide rings is 1. The highest BCUT2D eigenvalue weighted by Crippen LogP contribution is 2.37. The van der Waals surface area contributed by atoms with Crippen LogP contribution in [0.4, 0.5) is 0 Å². The number of hydrogen-bond donors (Lipinski definition) is 1. The molecule has 0 radical (unpaired) electrons. The highest BCUT2D eigenvalue weighted by molar-refractivity contribution is 5.22. The largest absolute Gasteiger partial charge is 0.363 e. The van der Waals surface area contributed by atoms with Gasteiger partial charge in [-0.1, -0.05) is 36.3 Å². The average Bonchev–Trinajstić information content (AvgIpc) is 2.99. The summed E-state index contributed by atoms with van der Waals surface area (Å²) in [5.74, 6) is 2.54. The first-order valence-electron chi connectivity index (χ1n) is 4.76. The van der Waals surface area contributed by atoms with Crippen molar-refractivity contribution in [2.75, 3.05) is 13.1 Å². The topological polar surface area (TPSA) is 24.6 Å². The molecule has 0 bridgehead atoms. The number of benzene rings is 1. The molecule has 1 N–H and O–H groups in total. The third-order valence-electron chi connectivity index (χ3n) is 2.28. The molecule has 0 aliphatic carbocycles. The first-order valence-corrected chi connectivity index (χ1v) is 4.76. The second kappa shape index (κ2) is 4.28. The molecular weight excluding hydrogens is 174 g/mol. The smallest absolute Gasteiger partial charge is 0.110 e.